The number of aromatic nitrogens is 1. The van der Waals surface area contributed by atoms with Crippen molar-refractivity contribution in [2.75, 3.05) is 20.1 Å². The predicted molar refractivity (Wildman–Crippen MR) is 88.7 cm³/mol. The Hall–Kier alpha value is -0.360. The summed E-state index contributed by atoms with van der Waals surface area (Å²) in [4.78, 5) is 19.6. The number of hydrogen-bond acceptors (Lipinski definition) is 4. The Kier molecular flexibility index (Phi) is 8.66. The van der Waals surface area contributed by atoms with E-state index in [-0.39, 0.29) is 30.7 Å². The number of rotatable bonds is 4. The molecule has 2 rings (SSSR count). The van der Waals surface area contributed by atoms with Crippen molar-refractivity contribution < 1.29 is 4.79 Å². The highest BCUT2D eigenvalue weighted by atomic mass is 35.5. The number of thiazole rings is 1. The Morgan fingerprint density at radius 3 is 2.75 bits per heavy atom. The minimum absolute atomic E-state index is 0. The summed E-state index contributed by atoms with van der Waals surface area (Å²) in [7, 11) is 1.90. The molecule has 1 fully saturated rings. The number of nitrogens with zero attached hydrogens (tertiary/aromatic N) is 2. The van der Waals surface area contributed by atoms with Crippen molar-refractivity contribution in [3.8, 4) is 0 Å². The van der Waals surface area contributed by atoms with Crippen molar-refractivity contribution in [3.63, 3.8) is 0 Å². The summed E-state index contributed by atoms with van der Waals surface area (Å²) in [6.45, 7) is 5.98. The molecule has 1 aliphatic rings. The Balaban J connectivity index is 0.00000180. The van der Waals surface area contributed by atoms with Gasteiger partial charge in [0.1, 0.15) is 4.88 Å². The maximum atomic E-state index is 12.4. The highest BCUT2D eigenvalue weighted by molar-refractivity contribution is 7.13. The molecule has 1 aromatic rings. The second-order valence-corrected chi connectivity index (χ2v) is 5.92. The van der Waals surface area contributed by atoms with E-state index >= 15 is 0 Å². The Bertz CT molecular complexity index is 433. The molecular formula is C13H23Cl2N3OS. The Labute approximate surface area is 137 Å². The lowest BCUT2D eigenvalue weighted by Gasteiger charge is -2.23. The number of likely N-dealkylation sites (N-methyl/N-ethyl adjacent to an activating group) is 1. The lowest BCUT2D eigenvalue weighted by Crippen LogP contribution is -2.38. The smallest absolute Gasteiger partial charge is 0.265 e. The summed E-state index contributed by atoms with van der Waals surface area (Å²) < 4.78 is 0. The number of hydrogen-bond donors (Lipinski definition) is 1. The number of nitrogens with one attached hydrogen (secondary N) is 1. The molecule has 1 saturated heterocycles. The summed E-state index contributed by atoms with van der Waals surface area (Å²) in [5.74, 6) is 0.126. The van der Waals surface area contributed by atoms with Crippen LogP contribution in [-0.2, 0) is 6.42 Å². The van der Waals surface area contributed by atoms with Crippen molar-refractivity contribution >= 4 is 42.1 Å². The molecule has 0 bridgehead atoms. The van der Waals surface area contributed by atoms with Gasteiger partial charge in [0.15, 0.2) is 0 Å². The zero-order valence-electron chi connectivity index (χ0n) is 12.1. The van der Waals surface area contributed by atoms with E-state index in [1.807, 2.05) is 18.9 Å². The first-order valence-electron chi connectivity index (χ1n) is 6.57. The van der Waals surface area contributed by atoms with Gasteiger partial charge in [0.25, 0.3) is 5.91 Å². The third kappa shape index (κ3) is 4.32. The van der Waals surface area contributed by atoms with E-state index in [1.165, 1.54) is 0 Å². The van der Waals surface area contributed by atoms with Crippen molar-refractivity contribution in [2.24, 2.45) is 0 Å². The molecule has 1 unspecified atom stereocenters. The molecule has 0 spiro atoms. The van der Waals surface area contributed by atoms with Gasteiger partial charge in [0.2, 0.25) is 0 Å². The van der Waals surface area contributed by atoms with E-state index in [1.54, 1.807) is 11.3 Å². The van der Waals surface area contributed by atoms with Gasteiger partial charge < -0.3 is 10.2 Å². The van der Waals surface area contributed by atoms with Crippen LogP contribution >= 0.6 is 36.2 Å². The summed E-state index contributed by atoms with van der Waals surface area (Å²) in [6, 6.07) is 0.327. The minimum atomic E-state index is 0. The largest absolute Gasteiger partial charge is 0.337 e. The van der Waals surface area contributed by atoms with Gasteiger partial charge in [-0.05, 0) is 32.7 Å². The Morgan fingerprint density at radius 2 is 2.20 bits per heavy atom. The fraction of sp³-hybridized carbons (Fsp3) is 0.692. The lowest BCUT2D eigenvalue weighted by molar-refractivity contribution is 0.0747. The van der Waals surface area contributed by atoms with E-state index in [0.717, 1.165) is 47.9 Å². The summed E-state index contributed by atoms with van der Waals surface area (Å²) in [5, 5.41) is 4.37. The van der Waals surface area contributed by atoms with E-state index in [4.69, 9.17) is 0 Å². The normalized spacial score (nSPS) is 17.2. The molecule has 1 aliphatic heterocycles. The number of carbonyl (C=O) groups is 1. The monoisotopic (exact) mass is 339 g/mol. The molecular weight excluding hydrogens is 317 g/mol. The summed E-state index contributed by atoms with van der Waals surface area (Å²) in [6.07, 6.45) is 3.08. The molecule has 0 saturated carbocycles. The van der Waals surface area contributed by atoms with Gasteiger partial charge in [0.05, 0.1) is 10.7 Å². The molecule has 4 nitrogen and oxygen atoms in total. The third-order valence-corrected chi connectivity index (χ3v) is 4.61. The van der Waals surface area contributed by atoms with Crippen molar-refractivity contribution in [2.45, 2.75) is 39.2 Å². The highest BCUT2D eigenvalue weighted by Crippen LogP contribution is 2.22. The molecule has 0 aromatic carbocycles. The van der Waals surface area contributed by atoms with Gasteiger partial charge in [0, 0.05) is 19.6 Å². The van der Waals surface area contributed by atoms with Crippen LogP contribution in [0.25, 0.3) is 0 Å². The van der Waals surface area contributed by atoms with Gasteiger partial charge in [-0.1, -0.05) is 6.92 Å². The zero-order valence-corrected chi connectivity index (χ0v) is 14.6. The molecule has 116 valence electrons. The topological polar surface area (TPSA) is 45.2 Å². The first-order valence-corrected chi connectivity index (χ1v) is 7.39. The molecule has 0 radical (unpaired) electrons. The average molecular weight is 340 g/mol. The zero-order chi connectivity index (χ0) is 13.1. The second-order valence-electron chi connectivity index (χ2n) is 4.83. The number of halogens is 2. The van der Waals surface area contributed by atoms with E-state index in [9.17, 15) is 4.79 Å². The van der Waals surface area contributed by atoms with Crippen LogP contribution in [0.2, 0.25) is 0 Å². The molecule has 0 aliphatic carbocycles. The van der Waals surface area contributed by atoms with Gasteiger partial charge in [-0.2, -0.15) is 0 Å². The Morgan fingerprint density at radius 1 is 1.50 bits per heavy atom. The molecule has 20 heavy (non-hydrogen) atoms. The third-order valence-electron chi connectivity index (χ3n) is 3.40. The van der Waals surface area contributed by atoms with Gasteiger partial charge >= 0.3 is 0 Å². The van der Waals surface area contributed by atoms with Crippen LogP contribution in [0.1, 0.15) is 40.1 Å². The van der Waals surface area contributed by atoms with Crippen LogP contribution in [0.3, 0.4) is 0 Å². The summed E-state index contributed by atoms with van der Waals surface area (Å²) in [5.41, 5.74) is 0.881. The van der Waals surface area contributed by atoms with Gasteiger partial charge in [-0.3, -0.25) is 4.79 Å². The fourth-order valence-corrected chi connectivity index (χ4v) is 3.42. The van der Waals surface area contributed by atoms with Crippen molar-refractivity contribution in [3.05, 3.63) is 15.6 Å². The number of aryl methyl sites for hydroxylation is 2. The van der Waals surface area contributed by atoms with Crippen molar-refractivity contribution in [1.29, 1.82) is 0 Å². The number of amides is 1. The molecule has 1 atom stereocenters. The summed E-state index contributed by atoms with van der Waals surface area (Å²) >= 11 is 1.56. The quantitative estimate of drug-likeness (QED) is 0.917. The van der Waals surface area contributed by atoms with Crippen LogP contribution in [0.15, 0.2) is 0 Å². The molecule has 7 heteroatoms. The van der Waals surface area contributed by atoms with E-state index in [2.05, 4.69) is 17.2 Å². The van der Waals surface area contributed by atoms with Crippen LogP contribution in [0.5, 0.6) is 0 Å². The molecule has 1 amide bonds. The highest BCUT2D eigenvalue weighted by Gasteiger charge is 2.26. The SMILES string of the molecule is CCCc1nc(C)c(C(=O)N(C)C2CCNC2)s1.Cl.Cl. The standard InChI is InChI=1S/C13H21N3OS.2ClH/c1-4-5-11-15-9(2)12(18-11)13(17)16(3)10-6-7-14-8-10;;/h10,14H,4-8H2,1-3H3;2*1H. The van der Waals surface area contributed by atoms with Gasteiger partial charge in [-0.15, -0.1) is 36.2 Å². The van der Waals surface area contributed by atoms with Crippen molar-refractivity contribution in [1.82, 2.24) is 15.2 Å². The fourth-order valence-electron chi connectivity index (χ4n) is 2.27. The first kappa shape index (κ1) is 19.6. The first-order chi connectivity index (χ1) is 8.63. The lowest BCUT2D eigenvalue weighted by atomic mass is 10.2. The molecule has 2 heterocycles. The molecule has 1 aromatic heterocycles. The van der Waals surface area contributed by atoms with E-state index in [0.29, 0.717) is 6.04 Å². The van der Waals surface area contributed by atoms with Crippen LogP contribution < -0.4 is 5.32 Å². The number of carbonyl (C=O) groups excluding carboxylic acids is 1. The van der Waals surface area contributed by atoms with E-state index < -0.39 is 0 Å². The van der Waals surface area contributed by atoms with Crippen LogP contribution in [0, 0.1) is 6.92 Å². The maximum Gasteiger partial charge on any atom is 0.265 e. The van der Waals surface area contributed by atoms with Gasteiger partial charge in [-0.25, -0.2) is 4.98 Å². The minimum Gasteiger partial charge on any atom is -0.337 e. The second kappa shape index (κ2) is 8.82. The van der Waals surface area contributed by atoms with Crippen LogP contribution in [-0.4, -0.2) is 42.0 Å². The maximum absolute atomic E-state index is 12.4. The predicted octanol–water partition coefficient (Wildman–Crippen LogP) is 2.68. The molecule has 1 N–H and O–H groups in total. The average Bonchev–Trinajstić information content (AvgIpc) is 2.97. The van der Waals surface area contributed by atoms with Crippen LogP contribution in [0.4, 0.5) is 0 Å².